The van der Waals surface area contributed by atoms with Crippen molar-refractivity contribution in [3.05, 3.63) is 52.8 Å². The molecule has 2 aromatic carbocycles. The van der Waals surface area contributed by atoms with E-state index < -0.39 is 11.7 Å². The van der Waals surface area contributed by atoms with E-state index in [0.717, 1.165) is 6.07 Å². The van der Waals surface area contributed by atoms with Crippen LogP contribution in [0.4, 0.5) is 15.8 Å². The lowest BCUT2D eigenvalue weighted by atomic mass is 10.1. The van der Waals surface area contributed by atoms with Crippen molar-refractivity contribution in [2.24, 2.45) is 0 Å². The predicted molar refractivity (Wildman–Crippen MR) is 76.8 cm³/mol. The SMILES string of the molecule is COc1cc(Cl)ccc1C(=O)Nc1cc(F)ccc1N. The molecule has 2 aromatic rings. The van der Waals surface area contributed by atoms with Gasteiger partial charge in [-0.3, -0.25) is 4.79 Å². The Balaban J connectivity index is 2.30. The van der Waals surface area contributed by atoms with Gasteiger partial charge in [-0.05, 0) is 36.4 Å². The minimum atomic E-state index is -0.488. The number of nitrogens with one attached hydrogen (secondary N) is 1. The fraction of sp³-hybridized carbons (Fsp3) is 0.0714. The number of nitrogens with two attached hydrogens (primary N) is 1. The van der Waals surface area contributed by atoms with Crippen molar-refractivity contribution >= 4 is 28.9 Å². The van der Waals surface area contributed by atoms with Gasteiger partial charge in [0, 0.05) is 5.02 Å². The number of anilines is 2. The molecule has 0 saturated heterocycles. The van der Waals surface area contributed by atoms with Crippen molar-refractivity contribution in [3.8, 4) is 5.75 Å². The predicted octanol–water partition coefficient (Wildman–Crippen LogP) is 3.32. The Hall–Kier alpha value is -2.27. The molecule has 0 aliphatic heterocycles. The van der Waals surface area contributed by atoms with Gasteiger partial charge in [0.05, 0.1) is 24.0 Å². The van der Waals surface area contributed by atoms with Gasteiger partial charge in [0.1, 0.15) is 11.6 Å². The Morgan fingerprint density at radius 2 is 2.05 bits per heavy atom. The number of benzene rings is 2. The normalized spacial score (nSPS) is 10.2. The summed E-state index contributed by atoms with van der Waals surface area (Å²) in [7, 11) is 1.43. The highest BCUT2D eigenvalue weighted by atomic mass is 35.5. The van der Waals surface area contributed by atoms with Gasteiger partial charge in [-0.25, -0.2) is 4.39 Å². The molecule has 0 aliphatic rings. The van der Waals surface area contributed by atoms with Crippen LogP contribution < -0.4 is 15.8 Å². The molecule has 0 radical (unpaired) electrons. The van der Waals surface area contributed by atoms with Gasteiger partial charge in [-0.2, -0.15) is 0 Å². The highest BCUT2D eigenvalue weighted by Gasteiger charge is 2.14. The summed E-state index contributed by atoms with van der Waals surface area (Å²) in [6.07, 6.45) is 0. The zero-order valence-corrected chi connectivity index (χ0v) is 11.4. The van der Waals surface area contributed by atoms with Crippen LogP contribution in [-0.4, -0.2) is 13.0 Å². The second-order valence-corrected chi connectivity index (χ2v) is 4.47. The van der Waals surface area contributed by atoms with Crippen LogP contribution in [-0.2, 0) is 0 Å². The number of carbonyl (C=O) groups excluding carboxylic acids is 1. The van der Waals surface area contributed by atoms with E-state index in [-0.39, 0.29) is 16.9 Å². The second-order valence-electron chi connectivity index (χ2n) is 4.03. The third kappa shape index (κ3) is 3.00. The Bertz CT molecular complexity index is 662. The highest BCUT2D eigenvalue weighted by molar-refractivity contribution is 6.31. The first-order valence-corrected chi connectivity index (χ1v) is 6.09. The first kappa shape index (κ1) is 14.1. The lowest BCUT2D eigenvalue weighted by Crippen LogP contribution is -2.14. The minimum absolute atomic E-state index is 0.201. The van der Waals surface area contributed by atoms with Gasteiger partial charge in [0.15, 0.2) is 0 Å². The molecular formula is C14H12ClFN2O2. The number of hydrogen-bond donors (Lipinski definition) is 2. The summed E-state index contributed by atoms with van der Waals surface area (Å²) < 4.78 is 18.2. The molecule has 4 nitrogen and oxygen atoms in total. The van der Waals surface area contributed by atoms with Crippen molar-refractivity contribution in [1.82, 2.24) is 0 Å². The van der Waals surface area contributed by atoms with E-state index in [9.17, 15) is 9.18 Å². The molecule has 20 heavy (non-hydrogen) atoms. The van der Waals surface area contributed by atoms with E-state index in [1.54, 1.807) is 6.07 Å². The van der Waals surface area contributed by atoms with Crippen LogP contribution in [0.15, 0.2) is 36.4 Å². The average molecular weight is 295 g/mol. The molecule has 0 aliphatic carbocycles. The number of methoxy groups -OCH3 is 1. The Morgan fingerprint density at radius 1 is 1.30 bits per heavy atom. The second kappa shape index (κ2) is 5.79. The van der Waals surface area contributed by atoms with Crippen molar-refractivity contribution < 1.29 is 13.9 Å². The number of carbonyl (C=O) groups is 1. The van der Waals surface area contributed by atoms with Gasteiger partial charge in [0.2, 0.25) is 0 Å². The van der Waals surface area contributed by atoms with Gasteiger partial charge >= 0.3 is 0 Å². The van der Waals surface area contributed by atoms with Gasteiger partial charge in [0.25, 0.3) is 5.91 Å². The molecule has 6 heteroatoms. The molecule has 0 bridgehead atoms. The fourth-order valence-electron chi connectivity index (χ4n) is 1.68. The maximum Gasteiger partial charge on any atom is 0.259 e. The zero-order valence-electron chi connectivity index (χ0n) is 10.6. The summed E-state index contributed by atoms with van der Waals surface area (Å²) >= 11 is 5.83. The fourth-order valence-corrected chi connectivity index (χ4v) is 1.84. The summed E-state index contributed by atoms with van der Waals surface area (Å²) in [5, 5.41) is 2.98. The quantitative estimate of drug-likeness (QED) is 0.854. The Kier molecular flexibility index (Phi) is 4.10. The smallest absolute Gasteiger partial charge is 0.259 e. The number of rotatable bonds is 3. The third-order valence-corrected chi connectivity index (χ3v) is 2.91. The van der Waals surface area contributed by atoms with Gasteiger partial charge in [-0.1, -0.05) is 11.6 Å². The Morgan fingerprint density at radius 3 is 2.75 bits per heavy atom. The first-order valence-electron chi connectivity index (χ1n) is 5.71. The molecular weight excluding hydrogens is 283 g/mol. The molecule has 3 N–H and O–H groups in total. The number of halogens is 2. The molecule has 1 amide bonds. The van der Waals surface area contributed by atoms with E-state index in [1.165, 1.54) is 31.4 Å². The van der Waals surface area contributed by atoms with Crippen molar-refractivity contribution in [2.45, 2.75) is 0 Å². The first-order chi connectivity index (χ1) is 9.51. The third-order valence-electron chi connectivity index (χ3n) is 2.67. The molecule has 104 valence electrons. The maximum absolute atomic E-state index is 13.1. The summed E-state index contributed by atoms with van der Waals surface area (Å²) in [6.45, 7) is 0. The monoisotopic (exact) mass is 294 g/mol. The molecule has 2 rings (SSSR count). The number of amides is 1. The van der Waals surface area contributed by atoms with E-state index in [0.29, 0.717) is 10.8 Å². The van der Waals surface area contributed by atoms with Crippen molar-refractivity contribution in [3.63, 3.8) is 0 Å². The van der Waals surface area contributed by atoms with Crippen molar-refractivity contribution in [1.29, 1.82) is 0 Å². The van der Waals surface area contributed by atoms with Crippen LogP contribution in [0.25, 0.3) is 0 Å². The van der Waals surface area contributed by atoms with E-state index in [1.807, 2.05) is 0 Å². The largest absolute Gasteiger partial charge is 0.496 e. The van der Waals surface area contributed by atoms with E-state index in [2.05, 4.69) is 5.32 Å². The molecule has 0 atom stereocenters. The highest BCUT2D eigenvalue weighted by Crippen LogP contribution is 2.25. The molecule has 0 aromatic heterocycles. The summed E-state index contributed by atoms with van der Waals surface area (Å²) in [5.74, 6) is -0.627. The molecule has 0 fully saturated rings. The van der Waals surface area contributed by atoms with E-state index in [4.69, 9.17) is 22.1 Å². The van der Waals surface area contributed by atoms with Crippen LogP contribution in [0.1, 0.15) is 10.4 Å². The van der Waals surface area contributed by atoms with Gasteiger partial charge in [-0.15, -0.1) is 0 Å². The number of ether oxygens (including phenoxy) is 1. The molecule has 0 saturated carbocycles. The lowest BCUT2D eigenvalue weighted by Gasteiger charge is -2.11. The number of hydrogen-bond acceptors (Lipinski definition) is 3. The maximum atomic E-state index is 13.1. The van der Waals surface area contributed by atoms with Crippen molar-refractivity contribution in [2.75, 3.05) is 18.2 Å². The zero-order chi connectivity index (χ0) is 14.7. The molecule has 0 unspecified atom stereocenters. The standard InChI is InChI=1S/C14H12ClFN2O2/c1-20-13-6-8(15)2-4-10(13)14(19)18-12-7-9(16)3-5-11(12)17/h2-7H,17H2,1H3,(H,18,19). The molecule has 0 spiro atoms. The van der Waals surface area contributed by atoms with Crippen LogP contribution in [0.2, 0.25) is 5.02 Å². The van der Waals surface area contributed by atoms with Crippen LogP contribution in [0.3, 0.4) is 0 Å². The average Bonchev–Trinajstić information content (AvgIpc) is 2.42. The van der Waals surface area contributed by atoms with Crippen LogP contribution in [0.5, 0.6) is 5.75 Å². The topological polar surface area (TPSA) is 64.3 Å². The van der Waals surface area contributed by atoms with Crippen LogP contribution in [0, 0.1) is 5.82 Å². The molecule has 0 heterocycles. The Labute approximate surface area is 120 Å². The van der Waals surface area contributed by atoms with Gasteiger partial charge < -0.3 is 15.8 Å². The summed E-state index contributed by atoms with van der Waals surface area (Å²) in [4.78, 5) is 12.2. The number of nitrogen functional groups attached to an aromatic ring is 1. The van der Waals surface area contributed by atoms with Crippen LogP contribution >= 0.6 is 11.6 Å². The lowest BCUT2D eigenvalue weighted by molar-refractivity contribution is 0.102. The van der Waals surface area contributed by atoms with E-state index >= 15 is 0 Å². The minimum Gasteiger partial charge on any atom is -0.496 e. The summed E-state index contributed by atoms with van der Waals surface area (Å²) in [6, 6.07) is 8.35. The summed E-state index contributed by atoms with van der Waals surface area (Å²) in [5.41, 5.74) is 6.43.